The van der Waals surface area contributed by atoms with Gasteiger partial charge in [0.2, 0.25) is 0 Å². The molecule has 0 heterocycles. The number of hydrogen-bond acceptors (Lipinski definition) is 7. The molecule has 0 aliphatic carbocycles. The second-order valence-electron chi connectivity index (χ2n) is 4.09. The molecule has 0 radical (unpaired) electrons. The minimum Gasteiger partial charge on any atom is -0.468 e. The Kier molecular flexibility index (Phi) is 4.66. The molecule has 0 spiro atoms. The monoisotopic (exact) mass is 302 g/mol. The Hall–Kier alpha value is -2.16. The van der Waals surface area contributed by atoms with Gasteiger partial charge >= 0.3 is 11.7 Å². The molecule has 0 fully saturated rings. The first-order chi connectivity index (χ1) is 9.18. The second-order valence-corrected chi connectivity index (χ2v) is 6.07. The van der Waals surface area contributed by atoms with Crippen molar-refractivity contribution in [1.29, 1.82) is 0 Å². The van der Waals surface area contributed by atoms with Gasteiger partial charge in [-0.2, -0.15) is 0 Å². The number of likely N-dealkylation sites (N-methyl/N-ethyl adjacent to an activating group) is 1. The predicted molar refractivity (Wildman–Crippen MR) is 71.5 cm³/mol. The van der Waals surface area contributed by atoms with Crippen LogP contribution in [0.4, 0.5) is 11.4 Å². The van der Waals surface area contributed by atoms with Crippen LogP contribution in [0.5, 0.6) is 0 Å². The topological polar surface area (TPSA) is 107 Å². The number of methoxy groups -OCH3 is 1. The quantitative estimate of drug-likeness (QED) is 0.445. The highest BCUT2D eigenvalue weighted by Gasteiger charge is 2.28. The van der Waals surface area contributed by atoms with Crippen molar-refractivity contribution in [2.45, 2.75) is 4.90 Å². The molecule has 0 saturated carbocycles. The van der Waals surface area contributed by atoms with E-state index >= 15 is 0 Å². The van der Waals surface area contributed by atoms with Gasteiger partial charge in [-0.05, 0) is 12.1 Å². The van der Waals surface area contributed by atoms with Crippen LogP contribution in [0.15, 0.2) is 23.1 Å². The fourth-order valence-corrected chi connectivity index (χ4v) is 2.50. The number of hydrogen-bond donors (Lipinski definition) is 0. The van der Waals surface area contributed by atoms with Crippen molar-refractivity contribution in [3.8, 4) is 0 Å². The number of anilines is 1. The number of nitro benzene ring substituents is 1. The number of benzene rings is 1. The number of nitro groups is 1. The van der Waals surface area contributed by atoms with Crippen LogP contribution in [0.2, 0.25) is 0 Å². The number of carbonyl (C=O) groups is 1. The molecule has 8 nitrogen and oxygen atoms in total. The molecule has 0 aromatic heterocycles. The first-order valence-electron chi connectivity index (χ1n) is 5.44. The lowest BCUT2D eigenvalue weighted by Gasteiger charge is -2.18. The van der Waals surface area contributed by atoms with Crippen molar-refractivity contribution < 1.29 is 22.9 Å². The molecular formula is C11H14N2O6S. The molecule has 0 saturated heterocycles. The maximum atomic E-state index is 11.6. The summed E-state index contributed by atoms with van der Waals surface area (Å²) in [5.74, 6) is -0.591. The normalized spacial score (nSPS) is 10.9. The largest absolute Gasteiger partial charge is 0.468 e. The standard InChI is InChI=1S/C11H14N2O6S/c1-12(7-10(14)19-2)8-5-4-6-9(20(3,17)18)11(8)13(15)16/h4-6H,7H2,1-3H3. The van der Waals surface area contributed by atoms with Gasteiger partial charge in [-0.3, -0.25) is 14.9 Å². The summed E-state index contributed by atoms with van der Waals surface area (Å²) in [5, 5.41) is 11.1. The lowest BCUT2D eigenvalue weighted by atomic mass is 10.2. The van der Waals surface area contributed by atoms with Gasteiger partial charge < -0.3 is 9.64 Å². The highest BCUT2D eigenvalue weighted by atomic mass is 32.2. The zero-order chi connectivity index (χ0) is 15.5. The third kappa shape index (κ3) is 3.44. The van der Waals surface area contributed by atoms with E-state index in [1.165, 1.54) is 31.2 Å². The van der Waals surface area contributed by atoms with E-state index in [2.05, 4.69) is 4.74 Å². The number of rotatable bonds is 5. The van der Waals surface area contributed by atoms with E-state index in [1.54, 1.807) is 0 Å². The molecule has 110 valence electrons. The van der Waals surface area contributed by atoms with Crippen molar-refractivity contribution in [1.82, 2.24) is 0 Å². The van der Waals surface area contributed by atoms with E-state index in [9.17, 15) is 23.3 Å². The molecule has 0 amide bonds. The van der Waals surface area contributed by atoms with Gasteiger partial charge in [-0.1, -0.05) is 6.07 Å². The molecule has 0 aliphatic heterocycles. The van der Waals surface area contributed by atoms with Crippen LogP contribution in [-0.4, -0.2) is 46.3 Å². The minimum absolute atomic E-state index is 0.0309. The third-order valence-electron chi connectivity index (χ3n) is 2.56. The zero-order valence-electron chi connectivity index (χ0n) is 11.2. The van der Waals surface area contributed by atoms with E-state index < -0.39 is 31.3 Å². The van der Waals surface area contributed by atoms with E-state index in [4.69, 9.17) is 0 Å². The predicted octanol–water partition coefficient (Wildman–Crippen LogP) is 0.608. The first kappa shape index (κ1) is 15.9. The maximum Gasteiger partial charge on any atom is 0.325 e. The molecule has 0 atom stereocenters. The van der Waals surface area contributed by atoms with Crippen LogP contribution in [0, 0.1) is 10.1 Å². The SMILES string of the molecule is COC(=O)CN(C)c1cccc(S(C)(=O)=O)c1[N+](=O)[O-]. The second kappa shape index (κ2) is 5.87. The molecule has 1 aromatic carbocycles. The Labute approximate surface area is 116 Å². The number of ether oxygens (including phenoxy) is 1. The smallest absolute Gasteiger partial charge is 0.325 e. The lowest BCUT2D eigenvalue weighted by molar-refractivity contribution is -0.387. The van der Waals surface area contributed by atoms with Gasteiger partial charge in [0, 0.05) is 13.3 Å². The summed E-state index contributed by atoms with van der Waals surface area (Å²) < 4.78 is 27.7. The van der Waals surface area contributed by atoms with Gasteiger partial charge in [0.1, 0.15) is 17.1 Å². The summed E-state index contributed by atoms with van der Waals surface area (Å²) in [5.41, 5.74) is -0.523. The highest BCUT2D eigenvalue weighted by Crippen LogP contribution is 2.33. The average molecular weight is 302 g/mol. The van der Waals surface area contributed by atoms with Crippen molar-refractivity contribution >= 4 is 27.2 Å². The molecule has 0 unspecified atom stereocenters. The molecule has 1 rings (SSSR count). The number of esters is 1. The molecule has 0 N–H and O–H groups in total. The van der Waals surface area contributed by atoms with Gasteiger partial charge in [0.15, 0.2) is 9.84 Å². The number of carbonyl (C=O) groups excluding carboxylic acids is 1. The fourth-order valence-electron chi connectivity index (χ4n) is 1.64. The van der Waals surface area contributed by atoms with E-state index in [0.717, 1.165) is 12.3 Å². The summed E-state index contributed by atoms with van der Waals surface area (Å²) in [6, 6.07) is 3.91. The number of nitrogens with zero attached hydrogens (tertiary/aromatic N) is 2. The summed E-state index contributed by atoms with van der Waals surface area (Å²) in [7, 11) is -1.13. The summed E-state index contributed by atoms with van der Waals surface area (Å²) in [4.78, 5) is 22.4. The van der Waals surface area contributed by atoms with Crippen LogP contribution < -0.4 is 4.90 Å². The van der Waals surface area contributed by atoms with E-state index in [-0.39, 0.29) is 12.2 Å². The zero-order valence-corrected chi connectivity index (χ0v) is 12.0. The van der Waals surface area contributed by atoms with Crippen LogP contribution >= 0.6 is 0 Å². The summed E-state index contributed by atoms with van der Waals surface area (Å²) in [6.07, 6.45) is 0.888. The molecule has 20 heavy (non-hydrogen) atoms. The highest BCUT2D eigenvalue weighted by molar-refractivity contribution is 7.90. The van der Waals surface area contributed by atoms with E-state index in [0.29, 0.717) is 0 Å². The Bertz CT molecular complexity index is 640. The Morgan fingerprint density at radius 1 is 1.45 bits per heavy atom. The molecular weight excluding hydrogens is 288 g/mol. The van der Waals surface area contributed by atoms with Gasteiger partial charge in [-0.25, -0.2) is 8.42 Å². The lowest BCUT2D eigenvalue weighted by Crippen LogP contribution is -2.27. The number of sulfone groups is 1. The van der Waals surface area contributed by atoms with Gasteiger partial charge in [0.05, 0.1) is 12.0 Å². The molecule has 1 aromatic rings. The third-order valence-corrected chi connectivity index (χ3v) is 3.69. The van der Waals surface area contributed by atoms with Crippen molar-refractivity contribution in [3.05, 3.63) is 28.3 Å². The van der Waals surface area contributed by atoms with Crippen molar-refractivity contribution in [2.75, 3.05) is 31.9 Å². The summed E-state index contributed by atoms with van der Waals surface area (Å²) in [6.45, 7) is -0.232. The van der Waals surface area contributed by atoms with Crippen LogP contribution in [0.25, 0.3) is 0 Å². The maximum absolute atomic E-state index is 11.6. The first-order valence-corrected chi connectivity index (χ1v) is 7.33. The van der Waals surface area contributed by atoms with E-state index in [1.807, 2.05) is 0 Å². The van der Waals surface area contributed by atoms with Crippen LogP contribution in [-0.2, 0) is 19.4 Å². The van der Waals surface area contributed by atoms with Crippen LogP contribution in [0.1, 0.15) is 0 Å². The van der Waals surface area contributed by atoms with Crippen molar-refractivity contribution in [3.63, 3.8) is 0 Å². The molecule has 0 aliphatic rings. The molecule has 0 bridgehead atoms. The Balaban J connectivity index is 3.41. The van der Waals surface area contributed by atoms with Gasteiger partial charge in [0.25, 0.3) is 0 Å². The van der Waals surface area contributed by atoms with Crippen LogP contribution in [0.3, 0.4) is 0 Å². The average Bonchev–Trinajstić information content (AvgIpc) is 2.36. The molecule has 9 heteroatoms. The van der Waals surface area contributed by atoms with Gasteiger partial charge in [-0.15, -0.1) is 0 Å². The number of para-hydroxylation sites is 1. The fraction of sp³-hybridized carbons (Fsp3) is 0.364. The minimum atomic E-state index is -3.75. The van der Waals surface area contributed by atoms with Crippen molar-refractivity contribution in [2.24, 2.45) is 0 Å². The summed E-state index contributed by atoms with van der Waals surface area (Å²) >= 11 is 0. The Morgan fingerprint density at radius 2 is 2.05 bits per heavy atom. The Morgan fingerprint density at radius 3 is 2.50 bits per heavy atom.